The maximum atomic E-state index is 13.3. The fourth-order valence-electron chi connectivity index (χ4n) is 3.27. The number of carbonyl (C=O) groups is 2. The van der Waals surface area contributed by atoms with E-state index in [-0.39, 0.29) is 29.5 Å². The Morgan fingerprint density at radius 2 is 2.00 bits per heavy atom. The topological polar surface area (TPSA) is 99.5 Å². The number of ether oxygens (including phenoxy) is 2. The quantitative estimate of drug-likeness (QED) is 0.606. The first-order valence-corrected chi connectivity index (χ1v) is 10.6. The van der Waals surface area contributed by atoms with E-state index in [4.69, 9.17) is 9.47 Å². The zero-order valence-electron chi connectivity index (χ0n) is 16.6. The number of amides is 1. The molecule has 1 saturated carbocycles. The van der Waals surface area contributed by atoms with Crippen LogP contribution in [0.3, 0.4) is 0 Å². The summed E-state index contributed by atoms with van der Waals surface area (Å²) in [5, 5.41) is 9.85. The van der Waals surface area contributed by atoms with Crippen LogP contribution in [0.2, 0.25) is 0 Å². The predicted octanol–water partition coefficient (Wildman–Crippen LogP) is 3.37. The Balaban J connectivity index is 1.86. The van der Waals surface area contributed by atoms with E-state index in [1.165, 1.54) is 11.3 Å². The van der Waals surface area contributed by atoms with E-state index in [0.717, 1.165) is 23.9 Å². The molecule has 1 aromatic carbocycles. The first-order valence-electron chi connectivity index (χ1n) is 9.70. The lowest BCUT2D eigenvalue weighted by atomic mass is 9.85. The van der Waals surface area contributed by atoms with Crippen molar-refractivity contribution in [1.29, 1.82) is 0 Å². The minimum Gasteiger partial charge on any atom is -0.497 e. The zero-order chi connectivity index (χ0) is 21.3. The lowest BCUT2D eigenvalue weighted by Gasteiger charge is -2.23. The van der Waals surface area contributed by atoms with Gasteiger partial charge in [-0.05, 0) is 44.0 Å². The molecule has 0 bridgehead atoms. The molecule has 2 heterocycles. The van der Waals surface area contributed by atoms with E-state index in [1.54, 1.807) is 43.7 Å². The molecule has 8 nitrogen and oxygen atoms in total. The molecule has 1 fully saturated rings. The summed E-state index contributed by atoms with van der Waals surface area (Å²) in [7, 11) is 1.55. The summed E-state index contributed by atoms with van der Waals surface area (Å²) in [6.45, 7) is 1.88. The van der Waals surface area contributed by atoms with Gasteiger partial charge >= 0.3 is 5.97 Å². The third-order valence-electron chi connectivity index (χ3n) is 5.15. The van der Waals surface area contributed by atoms with Crippen molar-refractivity contribution >= 4 is 39.0 Å². The highest BCUT2D eigenvalue weighted by Gasteiger charge is 2.28. The molecule has 0 unspecified atom stereocenters. The number of aromatic nitrogens is 2. The van der Waals surface area contributed by atoms with Gasteiger partial charge in [0.15, 0.2) is 5.69 Å². The van der Waals surface area contributed by atoms with Gasteiger partial charge in [0, 0.05) is 16.7 Å². The molecular weight excluding hydrogens is 406 g/mol. The molecule has 0 saturated heterocycles. The smallest absolute Gasteiger partial charge is 0.359 e. The minimum atomic E-state index is -0.626. The van der Waals surface area contributed by atoms with E-state index >= 15 is 0 Å². The van der Waals surface area contributed by atoms with Gasteiger partial charge in [0.25, 0.3) is 5.56 Å². The van der Waals surface area contributed by atoms with Gasteiger partial charge in [0.2, 0.25) is 5.91 Å². The molecule has 0 spiro atoms. The molecule has 1 aliphatic carbocycles. The summed E-state index contributed by atoms with van der Waals surface area (Å²) in [6, 6.07) is 6.75. The van der Waals surface area contributed by atoms with Crippen LogP contribution in [-0.2, 0) is 9.53 Å². The van der Waals surface area contributed by atoms with Crippen LogP contribution in [0.4, 0.5) is 5.00 Å². The molecule has 1 amide bonds. The molecule has 0 radical (unpaired) electrons. The van der Waals surface area contributed by atoms with Crippen LogP contribution in [0.15, 0.2) is 34.4 Å². The van der Waals surface area contributed by atoms with Crippen molar-refractivity contribution in [3.63, 3.8) is 0 Å². The number of thiophene rings is 1. The van der Waals surface area contributed by atoms with Crippen molar-refractivity contribution in [2.24, 2.45) is 5.92 Å². The second kappa shape index (κ2) is 8.27. The van der Waals surface area contributed by atoms with Crippen molar-refractivity contribution < 1.29 is 19.1 Å². The SMILES string of the molecule is CCOC(=O)c1nn(-c2ccc(OC)cc2)c(=O)c2c(NC(=O)C3CCC3)scc12. The number of esters is 1. The van der Waals surface area contributed by atoms with Crippen molar-refractivity contribution in [3.8, 4) is 11.4 Å². The van der Waals surface area contributed by atoms with E-state index in [1.807, 2.05) is 0 Å². The molecule has 3 aromatic rings. The van der Waals surface area contributed by atoms with Gasteiger partial charge in [0.1, 0.15) is 10.8 Å². The molecule has 1 aliphatic rings. The summed E-state index contributed by atoms with van der Waals surface area (Å²) in [5.41, 5.74) is 0.0757. The van der Waals surface area contributed by atoms with Crippen LogP contribution < -0.4 is 15.6 Å². The Morgan fingerprint density at radius 3 is 2.60 bits per heavy atom. The summed E-state index contributed by atoms with van der Waals surface area (Å²) < 4.78 is 11.5. The van der Waals surface area contributed by atoms with Crippen LogP contribution >= 0.6 is 11.3 Å². The largest absolute Gasteiger partial charge is 0.497 e. The lowest BCUT2D eigenvalue weighted by Crippen LogP contribution is -2.29. The Hall–Kier alpha value is -3.20. The number of hydrogen-bond donors (Lipinski definition) is 1. The highest BCUT2D eigenvalue weighted by atomic mass is 32.1. The van der Waals surface area contributed by atoms with E-state index in [9.17, 15) is 14.4 Å². The van der Waals surface area contributed by atoms with Crippen LogP contribution in [0, 0.1) is 5.92 Å². The van der Waals surface area contributed by atoms with Gasteiger partial charge in [-0.25, -0.2) is 4.79 Å². The van der Waals surface area contributed by atoms with Crippen LogP contribution in [-0.4, -0.2) is 35.4 Å². The summed E-state index contributed by atoms with van der Waals surface area (Å²) in [4.78, 5) is 38.3. The monoisotopic (exact) mass is 427 g/mol. The molecule has 0 aliphatic heterocycles. The van der Waals surface area contributed by atoms with Crippen LogP contribution in [0.1, 0.15) is 36.7 Å². The molecule has 0 atom stereocenters. The van der Waals surface area contributed by atoms with Gasteiger partial charge in [-0.3, -0.25) is 9.59 Å². The first-order chi connectivity index (χ1) is 14.5. The zero-order valence-corrected chi connectivity index (χ0v) is 17.5. The Kier molecular flexibility index (Phi) is 5.54. The normalized spacial score (nSPS) is 13.7. The van der Waals surface area contributed by atoms with Crippen molar-refractivity contribution in [2.75, 3.05) is 19.0 Å². The fraction of sp³-hybridized carbons (Fsp3) is 0.333. The lowest BCUT2D eigenvalue weighted by molar-refractivity contribution is -0.122. The van der Waals surface area contributed by atoms with Crippen LogP contribution in [0.5, 0.6) is 5.75 Å². The number of fused-ring (bicyclic) bond motifs is 1. The number of anilines is 1. The Bertz CT molecular complexity index is 1160. The second-order valence-electron chi connectivity index (χ2n) is 6.95. The third-order valence-corrected chi connectivity index (χ3v) is 6.05. The van der Waals surface area contributed by atoms with E-state index in [0.29, 0.717) is 21.8 Å². The summed E-state index contributed by atoms with van der Waals surface area (Å²) >= 11 is 1.20. The first kappa shape index (κ1) is 20.1. The molecular formula is C21H21N3O5S. The molecule has 156 valence electrons. The molecule has 9 heteroatoms. The second-order valence-corrected chi connectivity index (χ2v) is 7.83. The summed E-state index contributed by atoms with van der Waals surface area (Å²) in [5.74, 6) is -0.130. The minimum absolute atomic E-state index is 0.0302. The third kappa shape index (κ3) is 3.56. The number of carbonyl (C=O) groups excluding carboxylic acids is 2. The van der Waals surface area contributed by atoms with Gasteiger partial charge < -0.3 is 14.8 Å². The van der Waals surface area contributed by atoms with E-state index < -0.39 is 11.5 Å². The van der Waals surface area contributed by atoms with E-state index in [2.05, 4.69) is 10.4 Å². The highest BCUT2D eigenvalue weighted by molar-refractivity contribution is 7.16. The average molecular weight is 427 g/mol. The van der Waals surface area contributed by atoms with Crippen molar-refractivity contribution in [3.05, 3.63) is 45.7 Å². The van der Waals surface area contributed by atoms with Gasteiger partial charge in [-0.1, -0.05) is 6.42 Å². The maximum absolute atomic E-state index is 13.3. The molecule has 1 N–H and O–H groups in total. The standard InChI is InChI=1S/C21H21N3O5S/c1-3-29-21(27)17-15-11-30-19(22-18(25)12-5-4-6-12)16(15)20(26)24(23-17)13-7-9-14(28-2)10-8-13/h7-12H,3-6H2,1-2H3,(H,22,25). The number of methoxy groups -OCH3 is 1. The Labute approximate surface area is 176 Å². The van der Waals surface area contributed by atoms with Crippen molar-refractivity contribution in [1.82, 2.24) is 9.78 Å². The molecule has 30 heavy (non-hydrogen) atoms. The van der Waals surface area contributed by atoms with Crippen molar-refractivity contribution in [2.45, 2.75) is 26.2 Å². The number of benzene rings is 1. The Morgan fingerprint density at radius 1 is 1.27 bits per heavy atom. The molecule has 4 rings (SSSR count). The maximum Gasteiger partial charge on any atom is 0.359 e. The van der Waals surface area contributed by atoms with Gasteiger partial charge in [0.05, 0.1) is 24.8 Å². The van der Waals surface area contributed by atoms with Crippen LogP contribution in [0.25, 0.3) is 16.5 Å². The number of hydrogen-bond acceptors (Lipinski definition) is 7. The van der Waals surface area contributed by atoms with Gasteiger partial charge in [-0.2, -0.15) is 9.78 Å². The predicted molar refractivity (Wildman–Crippen MR) is 114 cm³/mol. The number of rotatable bonds is 6. The molecule has 2 aromatic heterocycles. The highest BCUT2D eigenvalue weighted by Crippen LogP contribution is 2.33. The number of nitrogens with zero attached hydrogens (tertiary/aromatic N) is 2. The fourth-order valence-corrected chi connectivity index (χ4v) is 4.21. The number of nitrogens with one attached hydrogen (secondary N) is 1. The average Bonchev–Trinajstić information content (AvgIpc) is 3.11. The van der Waals surface area contributed by atoms with Gasteiger partial charge in [-0.15, -0.1) is 11.3 Å². The summed E-state index contributed by atoms with van der Waals surface area (Å²) in [6.07, 6.45) is 2.73.